The summed E-state index contributed by atoms with van der Waals surface area (Å²) in [5, 5.41) is 11.2. The van der Waals surface area contributed by atoms with Gasteiger partial charge in [0.05, 0.1) is 11.3 Å². The van der Waals surface area contributed by atoms with Crippen molar-refractivity contribution >= 4 is 17.5 Å². The van der Waals surface area contributed by atoms with E-state index in [0.29, 0.717) is 28.6 Å². The van der Waals surface area contributed by atoms with E-state index in [9.17, 15) is 9.59 Å². The van der Waals surface area contributed by atoms with Crippen molar-refractivity contribution < 1.29 is 14.0 Å². The van der Waals surface area contributed by atoms with E-state index in [0.717, 1.165) is 49.0 Å². The lowest BCUT2D eigenvalue weighted by Crippen LogP contribution is -2.36. The van der Waals surface area contributed by atoms with Crippen molar-refractivity contribution in [3.8, 4) is 22.9 Å². The molecule has 1 saturated heterocycles. The van der Waals surface area contributed by atoms with Gasteiger partial charge in [-0.3, -0.25) is 9.59 Å². The first-order valence-corrected chi connectivity index (χ1v) is 11.8. The van der Waals surface area contributed by atoms with Gasteiger partial charge in [-0.25, -0.2) is 0 Å². The monoisotopic (exact) mass is 466 g/mol. The number of carbonyl (C=O) groups is 2. The van der Waals surface area contributed by atoms with Crippen LogP contribution in [0.15, 0.2) is 77.2 Å². The minimum Gasteiger partial charge on any atom is -0.416 e. The third-order valence-corrected chi connectivity index (χ3v) is 6.24. The molecule has 0 saturated carbocycles. The van der Waals surface area contributed by atoms with Crippen molar-refractivity contribution in [3.63, 3.8) is 0 Å². The topological polar surface area (TPSA) is 88.3 Å². The van der Waals surface area contributed by atoms with Gasteiger partial charge in [-0.15, -0.1) is 10.2 Å². The van der Waals surface area contributed by atoms with Crippen LogP contribution in [0.25, 0.3) is 22.9 Å². The number of hydrogen-bond donors (Lipinski definition) is 1. The van der Waals surface area contributed by atoms with Gasteiger partial charge in [-0.1, -0.05) is 30.3 Å². The summed E-state index contributed by atoms with van der Waals surface area (Å²) in [6.07, 6.45) is 3.17. The third-order valence-electron chi connectivity index (χ3n) is 6.24. The first kappa shape index (κ1) is 22.5. The minimum absolute atomic E-state index is 0.0446. The van der Waals surface area contributed by atoms with Gasteiger partial charge in [0.15, 0.2) is 0 Å². The molecule has 0 radical (unpaired) electrons. The summed E-state index contributed by atoms with van der Waals surface area (Å²) in [5.74, 6) is 0.501. The Morgan fingerprint density at radius 3 is 2.29 bits per heavy atom. The summed E-state index contributed by atoms with van der Waals surface area (Å²) in [4.78, 5) is 27.8. The number of piperidine rings is 1. The maximum absolute atomic E-state index is 13.0. The number of amides is 2. The first-order chi connectivity index (χ1) is 17.1. The van der Waals surface area contributed by atoms with Gasteiger partial charge in [0, 0.05) is 29.8 Å². The van der Waals surface area contributed by atoms with Crippen molar-refractivity contribution in [3.05, 3.63) is 89.5 Å². The van der Waals surface area contributed by atoms with Crippen molar-refractivity contribution in [1.82, 2.24) is 15.1 Å². The Kier molecular flexibility index (Phi) is 6.39. The van der Waals surface area contributed by atoms with Gasteiger partial charge in [0.25, 0.3) is 11.8 Å². The predicted octanol–water partition coefficient (Wildman–Crippen LogP) is 5.59. The lowest BCUT2D eigenvalue weighted by atomic mass is 10.1. The summed E-state index contributed by atoms with van der Waals surface area (Å²) in [6.45, 7) is 3.50. The van der Waals surface area contributed by atoms with Crippen molar-refractivity contribution in [2.75, 3.05) is 18.4 Å². The van der Waals surface area contributed by atoms with E-state index in [1.807, 2.05) is 48.2 Å². The Morgan fingerprint density at radius 2 is 1.51 bits per heavy atom. The van der Waals surface area contributed by atoms with Gasteiger partial charge in [0.2, 0.25) is 11.8 Å². The number of likely N-dealkylation sites (tertiary alicyclic amines) is 1. The van der Waals surface area contributed by atoms with Crippen LogP contribution in [-0.2, 0) is 0 Å². The lowest BCUT2D eigenvalue weighted by Gasteiger charge is -2.27. The largest absolute Gasteiger partial charge is 0.416 e. The molecule has 176 valence electrons. The molecule has 1 aromatic heterocycles. The van der Waals surface area contributed by atoms with Crippen molar-refractivity contribution in [2.45, 2.75) is 26.2 Å². The van der Waals surface area contributed by atoms with Crippen LogP contribution in [0.4, 0.5) is 5.69 Å². The molecule has 0 bridgehead atoms. The van der Waals surface area contributed by atoms with Crippen molar-refractivity contribution in [2.24, 2.45) is 0 Å². The van der Waals surface area contributed by atoms with Gasteiger partial charge in [-0.05, 0) is 74.2 Å². The van der Waals surface area contributed by atoms with E-state index in [-0.39, 0.29) is 11.8 Å². The molecule has 1 aliphatic rings. The Morgan fingerprint density at radius 1 is 0.829 bits per heavy atom. The molecular formula is C28H26N4O3. The molecule has 1 fully saturated rings. The van der Waals surface area contributed by atoms with E-state index in [4.69, 9.17) is 4.42 Å². The van der Waals surface area contributed by atoms with E-state index in [2.05, 4.69) is 15.5 Å². The number of aromatic nitrogens is 2. The number of hydrogen-bond acceptors (Lipinski definition) is 5. The molecule has 3 aromatic carbocycles. The predicted molar refractivity (Wildman–Crippen MR) is 134 cm³/mol. The average Bonchev–Trinajstić information content (AvgIpc) is 3.39. The zero-order valence-electron chi connectivity index (χ0n) is 19.5. The fourth-order valence-corrected chi connectivity index (χ4v) is 4.27. The Labute approximate surface area is 203 Å². The molecule has 4 aromatic rings. The number of benzene rings is 3. The van der Waals surface area contributed by atoms with Crippen LogP contribution < -0.4 is 5.32 Å². The fourth-order valence-electron chi connectivity index (χ4n) is 4.27. The van der Waals surface area contributed by atoms with Crippen LogP contribution in [0.3, 0.4) is 0 Å². The van der Waals surface area contributed by atoms with E-state index >= 15 is 0 Å². The third kappa shape index (κ3) is 4.84. The van der Waals surface area contributed by atoms with Crippen LogP contribution in [0, 0.1) is 6.92 Å². The Balaban J connectivity index is 1.31. The molecule has 0 aliphatic carbocycles. The van der Waals surface area contributed by atoms with Crippen LogP contribution in [0.2, 0.25) is 0 Å². The van der Waals surface area contributed by atoms with E-state index in [1.54, 1.807) is 36.4 Å². The fraction of sp³-hybridized carbons (Fsp3) is 0.214. The zero-order chi connectivity index (χ0) is 24.2. The molecular weight excluding hydrogens is 440 g/mol. The van der Waals surface area contributed by atoms with Gasteiger partial charge >= 0.3 is 0 Å². The number of aryl methyl sites for hydroxylation is 1. The highest BCUT2D eigenvalue weighted by Crippen LogP contribution is 2.26. The normalized spacial score (nSPS) is 13.5. The number of anilines is 1. The summed E-state index contributed by atoms with van der Waals surface area (Å²) in [5.41, 5.74) is 4.14. The van der Waals surface area contributed by atoms with Gasteiger partial charge < -0.3 is 14.6 Å². The highest BCUT2D eigenvalue weighted by molar-refractivity contribution is 6.09. The van der Waals surface area contributed by atoms with Crippen LogP contribution >= 0.6 is 0 Å². The second kappa shape index (κ2) is 9.93. The molecule has 0 spiro atoms. The number of nitrogens with one attached hydrogen (secondary N) is 1. The highest BCUT2D eigenvalue weighted by Gasteiger charge is 2.21. The molecule has 0 atom stereocenters. The Bertz CT molecular complexity index is 1350. The zero-order valence-corrected chi connectivity index (χ0v) is 19.5. The van der Waals surface area contributed by atoms with Crippen LogP contribution in [0.5, 0.6) is 0 Å². The van der Waals surface area contributed by atoms with Crippen LogP contribution in [0.1, 0.15) is 45.5 Å². The standard InChI is InChI=1S/C28H26N4O3/c1-19-9-3-4-10-22(19)27-31-30-26(35-27)21-15-13-20(14-16-21)25(33)29-24-12-6-5-11-23(24)28(34)32-17-7-2-8-18-32/h3-6,9-16H,2,7-8,17-18H2,1H3,(H,29,33). The number of para-hydroxylation sites is 1. The second-order valence-corrected chi connectivity index (χ2v) is 8.66. The SMILES string of the molecule is Cc1ccccc1-c1nnc(-c2ccc(C(=O)Nc3ccccc3C(=O)N3CCCCC3)cc2)o1. The van der Waals surface area contributed by atoms with E-state index < -0.39 is 0 Å². The highest BCUT2D eigenvalue weighted by atomic mass is 16.4. The maximum atomic E-state index is 13.0. The van der Waals surface area contributed by atoms with Gasteiger partial charge in [0.1, 0.15) is 0 Å². The van der Waals surface area contributed by atoms with E-state index in [1.165, 1.54) is 0 Å². The summed E-state index contributed by atoms with van der Waals surface area (Å²) in [7, 11) is 0. The summed E-state index contributed by atoms with van der Waals surface area (Å²) in [6, 6.07) is 21.9. The number of rotatable bonds is 5. The van der Waals surface area contributed by atoms with Gasteiger partial charge in [-0.2, -0.15) is 0 Å². The number of carbonyl (C=O) groups excluding carboxylic acids is 2. The maximum Gasteiger partial charge on any atom is 0.255 e. The summed E-state index contributed by atoms with van der Waals surface area (Å²) >= 11 is 0. The molecule has 1 aliphatic heterocycles. The molecule has 0 unspecified atom stereocenters. The molecule has 7 heteroatoms. The average molecular weight is 467 g/mol. The smallest absolute Gasteiger partial charge is 0.255 e. The molecule has 7 nitrogen and oxygen atoms in total. The molecule has 5 rings (SSSR count). The quantitative estimate of drug-likeness (QED) is 0.414. The van der Waals surface area contributed by atoms with Crippen LogP contribution in [-0.4, -0.2) is 40.0 Å². The lowest BCUT2D eigenvalue weighted by molar-refractivity contribution is 0.0725. The molecule has 1 N–H and O–H groups in total. The molecule has 35 heavy (non-hydrogen) atoms. The minimum atomic E-state index is -0.290. The summed E-state index contributed by atoms with van der Waals surface area (Å²) < 4.78 is 5.87. The molecule has 2 heterocycles. The number of nitrogens with zero attached hydrogens (tertiary/aromatic N) is 3. The molecule has 2 amide bonds. The van der Waals surface area contributed by atoms with Crippen molar-refractivity contribution in [1.29, 1.82) is 0 Å². The first-order valence-electron chi connectivity index (χ1n) is 11.8. The Hall–Kier alpha value is -4.26. The second-order valence-electron chi connectivity index (χ2n) is 8.66.